The largest absolute Gasteiger partial charge is 0.371 e. The van der Waals surface area contributed by atoms with Gasteiger partial charge in [-0.2, -0.15) is 5.26 Å². The predicted molar refractivity (Wildman–Crippen MR) is 54.6 cm³/mol. The highest BCUT2D eigenvalue weighted by atomic mass is 16.5. The summed E-state index contributed by atoms with van der Waals surface area (Å²) in [6.45, 7) is 4.54. The molecule has 1 saturated carbocycles. The topological polar surface area (TPSA) is 33.0 Å². The fourth-order valence-corrected chi connectivity index (χ4v) is 2.87. The Kier molecular flexibility index (Phi) is 2.53. The van der Waals surface area contributed by atoms with Crippen LogP contribution in [-0.4, -0.2) is 11.7 Å². The molecule has 2 nitrogen and oxygen atoms in total. The van der Waals surface area contributed by atoms with Crippen molar-refractivity contribution in [2.75, 3.05) is 0 Å². The van der Waals surface area contributed by atoms with Gasteiger partial charge in [0.1, 0.15) is 0 Å². The molecule has 1 aliphatic heterocycles. The molecule has 2 rings (SSSR count). The Morgan fingerprint density at radius 2 is 2.29 bits per heavy atom. The minimum Gasteiger partial charge on any atom is -0.371 e. The van der Waals surface area contributed by atoms with Crippen molar-refractivity contribution in [3.8, 4) is 6.07 Å². The maximum atomic E-state index is 8.66. The molecule has 1 heterocycles. The van der Waals surface area contributed by atoms with E-state index in [0.717, 1.165) is 18.3 Å². The first-order valence-corrected chi connectivity index (χ1v) is 5.70. The zero-order valence-electron chi connectivity index (χ0n) is 9.12. The zero-order chi connectivity index (χ0) is 10.2. The molecule has 2 aliphatic rings. The van der Waals surface area contributed by atoms with E-state index >= 15 is 0 Å². The lowest BCUT2D eigenvalue weighted by Crippen LogP contribution is -2.40. The monoisotopic (exact) mass is 193 g/mol. The van der Waals surface area contributed by atoms with Gasteiger partial charge in [0, 0.05) is 0 Å². The Labute approximate surface area is 86.2 Å². The van der Waals surface area contributed by atoms with E-state index in [1.165, 1.54) is 19.3 Å². The van der Waals surface area contributed by atoms with E-state index in [4.69, 9.17) is 10.00 Å². The van der Waals surface area contributed by atoms with Crippen LogP contribution in [0.1, 0.15) is 46.0 Å². The SMILES string of the molecule is CC1CC1C1(C)CCCC(CC#N)O1. The number of nitrogens with zero attached hydrogens (tertiary/aromatic N) is 1. The summed E-state index contributed by atoms with van der Waals surface area (Å²) in [6.07, 6.45) is 5.57. The lowest BCUT2D eigenvalue weighted by atomic mass is 9.87. The van der Waals surface area contributed by atoms with Crippen LogP contribution in [0.5, 0.6) is 0 Å². The second-order valence-corrected chi connectivity index (χ2v) is 5.13. The summed E-state index contributed by atoms with van der Waals surface area (Å²) in [4.78, 5) is 0. The van der Waals surface area contributed by atoms with E-state index in [1.54, 1.807) is 0 Å². The van der Waals surface area contributed by atoms with E-state index in [9.17, 15) is 0 Å². The second-order valence-electron chi connectivity index (χ2n) is 5.13. The van der Waals surface area contributed by atoms with Crippen LogP contribution in [-0.2, 0) is 4.74 Å². The molecule has 78 valence electrons. The highest BCUT2D eigenvalue weighted by Crippen LogP contribution is 2.51. The van der Waals surface area contributed by atoms with Gasteiger partial charge in [-0.25, -0.2) is 0 Å². The standard InChI is InChI=1S/C12H19NO/c1-9-8-11(9)12(2)6-3-4-10(14-12)5-7-13/h9-11H,3-6,8H2,1-2H3. The van der Waals surface area contributed by atoms with Gasteiger partial charge in [-0.15, -0.1) is 0 Å². The van der Waals surface area contributed by atoms with E-state index in [1.807, 2.05) is 0 Å². The molecule has 0 N–H and O–H groups in total. The van der Waals surface area contributed by atoms with Crippen LogP contribution in [0.25, 0.3) is 0 Å². The van der Waals surface area contributed by atoms with Crippen LogP contribution >= 0.6 is 0 Å². The van der Waals surface area contributed by atoms with Gasteiger partial charge < -0.3 is 4.74 Å². The minimum absolute atomic E-state index is 0.0825. The first kappa shape index (κ1) is 9.98. The molecule has 0 bridgehead atoms. The van der Waals surface area contributed by atoms with Crippen LogP contribution in [0.3, 0.4) is 0 Å². The Balaban J connectivity index is 1.96. The van der Waals surface area contributed by atoms with Gasteiger partial charge in [0.15, 0.2) is 0 Å². The van der Waals surface area contributed by atoms with Gasteiger partial charge in [0.2, 0.25) is 0 Å². The van der Waals surface area contributed by atoms with E-state index in [0.29, 0.717) is 6.42 Å². The van der Waals surface area contributed by atoms with Crippen molar-refractivity contribution in [2.24, 2.45) is 11.8 Å². The summed E-state index contributed by atoms with van der Waals surface area (Å²) in [7, 11) is 0. The molecule has 4 atom stereocenters. The normalized spacial score (nSPS) is 47.1. The molecule has 2 heteroatoms. The van der Waals surface area contributed by atoms with Crippen molar-refractivity contribution in [2.45, 2.75) is 57.7 Å². The highest BCUT2D eigenvalue weighted by Gasteiger charge is 2.50. The quantitative estimate of drug-likeness (QED) is 0.675. The average molecular weight is 193 g/mol. The van der Waals surface area contributed by atoms with Crippen molar-refractivity contribution in [1.29, 1.82) is 5.26 Å². The lowest BCUT2D eigenvalue weighted by Gasteiger charge is -2.38. The lowest BCUT2D eigenvalue weighted by molar-refractivity contribution is -0.130. The van der Waals surface area contributed by atoms with Crippen molar-refractivity contribution in [3.63, 3.8) is 0 Å². The molecule has 0 spiro atoms. The maximum absolute atomic E-state index is 8.66. The molecule has 0 radical (unpaired) electrons. The summed E-state index contributed by atoms with van der Waals surface area (Å²) in [5, 5.41) is 8.66. The molecular weight excluding hydrogens is 174 g/mol. The van der Waals surface area contributed by atoms with Crippen molar-refractivity contribution >= 4 is 0 Å². The molecule has 2 fully saturated rings. The summed E-state index contributed by atoms with van der Waals surface area (Å²) < 4.78 is 6.09. The number of hydrogen-bond acceptors (Lipinski definition) is 2. The van der Waals surface area contributed by atoms with Crippen molar-refractivity contribution in [3.05, 3.63) is 0 Å². The Hall–Kier alpha value is -0.550. The van der Waals surface area contributed by atoms with Gasteiger partial charge in [0.05, 0.1) is 24.2 Å². The molecule has 0 aromatic carbocycles. The average Bonchev–Trinajstić information content (AvgIpc) is 2.84. The molecule has 1 aliphatic carbocycles. The molecule has 4 unspecified atom stereocenters. The van der Waals surface area contributed by atoms with Crippen LogP contribution < -0.4 is 0 Å². The number of nitriles is 1. The molecule has 0 aromatic heterocycles. The molecule has 0 amide bonds. The van der Waals surface area contributed by atoms with E-state index in [-0.39, 0.29) is 11.7 Å². The van der Waals surface area contributed by atoms with Gasteiger partial charge in [0.25, 0.3) is 0 Å². The fraction of sp³-hybridized carbons (Fsp3) is 0.917. The Morgan fingerprint density at radius 1 is 1.57 bits per heavy atom. The van der Waals surface area contributed by atoms with E-state index < -0.39 is 0 Å². The number of hydrogen-bond donors (Lipinski definition) is 0. The summed E-state index contributed by atoms with van der Waals surface area (Å²) >= 11 is 0. The number of rotatable bonds is 2. The van der Waals surface area contributed by atoms with Crippen LogP contribution in [0.4, 0.5) is 0 Å². The summed E-state index contributed by atoms with van der Waals surface area (Å²) in [5.41, 5.74) is 0.0825. The van der Waals surface area contributed by atoms with Crippen LogP contribution in [0, 0.1) is 23.2 Å². The van der Waals surface area contributed by atoms with Gasteiger partial charge in [-0.1, -0.05) is 6.92 Å². The first-order valence-electron chi connectivity index (χ1n) is 5.70. The predicted octanol–water partition coefficient (Wildman–Crippen LogP) is 2.88. The molecular formula is C12H19NO. The van der Waals surface area contributed by atoms with Crippen molar-refractivity contribution in [1.82, 2.24) is 0 Å². The van der Waals surface area contributed by atoms with Gasteiger partial charge in [-0.05, 0) is 44.4 Å². The zero-order valence-corrected chi connectivity index (χ0v) is 9.12. The summed E-state index contributed by atoms with van der Waals surface area (Å²) in [5.74, 6) is 1.59. The maximum Gasteiger partial charge on any atom is 0.0712 e. The van der Waals surface area contributed by atoms with Crippen LogP contribution in [0.2, 0.25) is 0 Å². The molecule has 0 aromatic rings. The highest BCUT2D eigenvalue weighted by molar-refractivity contribution is 5.00. The summed E-state index contributed by atoms with van der Waals surface area (Å²) in [6, 6.07) is 2.22. The van der Waals surface area contributed by atoms with Crippen molar-refractivity contribution < 1.29 is 4.74 Å². The molecule has 1 saturated heterocycles. The third kappa shape index (κ3) is 1.79. The smallest absolute Gasteiger partial charge is 0.0712 e. The third-order valence-electron chi connectivity index (χ3n) is 3.85. The molecule has 14 heavy (non-hydrogen) atoms. The van der Waals surface area contributed by atoms with Gasteiger partial charge in [-0.3, -0.25) is 0 Å². The third-order valence-corrected chi connectivity index (χ3v) is 3.85. The second kappa shape index (κ2) is 3.55. The van der Waals surface area contributed by atoms with Crippen LogP contribution in [0.15, 0.2) is 0 Å². The number of ether oxygens (including phenoxy) is 1. The van der Waals surface area contributed by atoms with Gasteiger partial charge >= 0.3 is 0 Å². The van der Waals surface area contributed by atoms with E-state index in [2.05, 4.69) is 19.9 Å². The first-order chi connectivity index (χ1) is 6.65. The Morgan fingerprint density at radius 3 is 2.86 bits per heavy atom. The fourth-order valence-electron chi connectivity index (χ4n) is 2.87. The minimum atomic E-state index is 0.0825. The Bertz CT molecular complexity index is 258.